The van der Waals surface area contributed by atoms with E-state index in [2.05, 4.69) is 11.0 Å². The van der Waals surface area contributed by atoms with Gasteiger partial charge in [-0.2, -0.15) is 5.26 Å². The van der Waals surface area contributed by atoms with Gasteiger partial charge in [-0.15, -0.1) is 11.3 Å². The van der Waals surface area contributed by atoms with E-state index in [1.165, 1.54) is 0 Å². The fraction of sp³-hybridized carbons (Fsp3) is 0.500. The summed E-state index contributed by atoms with van der Waals surface area (Å²) in [5.41, 5.74) is 0.881. The molecule has 0 aliphatic carbocycles. The number of hydrogen-bond acceptors (Lipinski definition) is 5. The third kappa shape index (κ3) is 2.01. The second-order valence-corrected chi connectivity index (χ2v) is 6.96. The van der Waals surface area contributed by atoms with Gasteiger partial charge in [0, 0.05) is 26.2 Å². The molecular formula is C16H17N3O2S. The fourth-order valence-electron chi connectivity index (χ4n) is 3.43. The molecule has 22 heavy (non-hydrogen) atoms. The third-order valence-electron chi connectivity index (χ3n) is 4.79. The summed E-state index contributed by atoms with van der Waals surface area (Å²) in [6.07, 6.45) is 0.593. The summed E-state index contributed by atoms with van der Waals surface area (Å²) in [6, 6.07) is 6.31. The number of hydrogen-bond donors (Lipinski definition) is 0. The first kappa shape index (κ1) is 13.9. The Morgan fingerprint density at radius 1 is 1.41 bits per heavy atom. The number of nitrogens with zero attached hydrogens (tertiary/aromatic N) is 3. The summed E-state index contributed by atoms with van der Waals surface area (Å²) in [5, 5.41) is 11.7. The first-order chi connectivity index (χ1) is 10.7. The van der Waals surface area contributed by atoms with E-state index < -0.39 is 5.41 Å². The number of carbonyl (C=O) groups is 1. The Kier molecular flexibility index (Phi) is 3.30. The molecule has 2 aromatic rings. The predicted molar refractivity (Wildman–Crippen MR) is 84.1 cm³/mol. The maximum atomic E-state index is 12.8. The van der Waals surface area contributed by atoms with E-state index >= 15 is 0 Å². The van der Waals surface area contributed by atoms with Crippen molar-refractivity contribution in [3.05, 3.63) is 23.2 Å². The lowest BCUT2D eigenvalue weighted by Gasteiger charge is -2.29. The molecule has 2 aliphatic heterocycles. The van der Waals surface area contributed by atoms with Crippen molar-refractivity contribution in [1.29, 1.82) is 5.26 Å². The number of Topliss-reactive ketones (excluding diaryl/α,β-unsaturated/α-hetero) is 1. The highest BCUT2D eigenvalue weighted by molar-refractivity contribution is 7.17. The van der Waals surface area contributed by atoms with Crippen molar-refractivity contribution in [1.82, 2.24) is 9.47 Å². The van der Waals surface area contributed by atoms with Crippen LogP contribution in [0.2, 0.25) is 0 Å². The van der Waals surface area contributed by atoms with Crippen molar-refractivity contribution >= 4 is 27.3 Å². The van der Waals surface area contributed by atoms with E-state index in [-0.39, 0.29) is 5.78 Å². The van der Waals surface area contributed by atoms with Crippen molar-refractivity contribution in [2.24, 2.45) is 5.41 Å². The number of ether oxygens (including phenoxy) is 1. The molecule has 5 nitrogen and oxygen atoms in total. The molecule has 1 atom stereocenters. The predicted octanol–water partition coefficient (Wildman–Crippen LogP) is 2.13. The molecule has 0 saturated carbocycles. The average molecular weight is 315 g/mol. The summed E-state index contributed by atoms with van der Waals surface area (Å²) < 4.78 is 8.50. The van der Waals surface area contributed by atoms with Crippen LogP contribution in [0.15, 0.2) is 17.5 Å². The van der Waals surface area contributed by atoms with Crippen LogP contribution in [0.1, 0.15) is 16.9 Å². The van der Waals surface area contributed by atoms with Gasteiger partial charge in [0.25, 0.3) is 0 Å². The number of ketones is 1. The van der Waals surface area contributed by atoms with Crippen LogP contribution in [-0.4, -0.2) is 48.1 Å². The molecular weight excluding hydrogens is 298 g/mol. The van der Waals surface area contributed by atoms with Gasteiger partial charge in [0.15, 0.2) is 0 Å². The number of carbonyl (C=O) groups excluding carboxylic acids is 1. The highest BCUT2D eigenvalue weighted by Gasteiger charge is 2.47. The van der Waals surface area contributed by atoms with Gasteiger partial charge < -0.3 is 9.30 Å². The Labute approximate surface area is 132 Å². The Balaban J connectivity index is 1.57. The van der Waals surface area contributed by atoms with Gasteiger partial charge in [0.05, 0.1) is 35.2 Å². The summed E-state index contributed by atoms with van der Waals surface area (Å²) in [5.74, 6) is -0.00772. The molecule has 0 bridgehead atoms. The zero-order valence-corrected chi connectivity index (χ0v) is 13.1. The molecule has 114 valence electrons. The highest BCUT2D eigenvalue weighted by atomic mass is 32.1. The quantitative estimate of drug-likeness (QED) is 0.870. The molecule has 4 rings (SSSR count). The van der Waals surface area contributed by atoms with E-state index in [1.54, 1.807) is 11.3 Å². The number of nitriles is 1. The van der Waals surface area contributed by atoms with Crippen LogP contribution < -0.4 is 0 Å². The van der Waals surface area contributed by atoms with Crippen LogP contribution in [0.4, 0.5) is 0 Å². The van der Waals surface area contributed by atoms with Crippen LogP contribution in [0.5, 0.6) is 0 Å². The lowest BCUT2D eigenvalue weighted by molar-refractivity contribution is 0.0332. The molecule has 0 radical (unpaired) electrons. The highest BCUT2D eigenvalue weighted by Crippen LogP contribution is 2.40. The van der Waals surface area contributed by atoms with Crippen molar-refractivity contribution in [2.45, 2.75) is 13.0 Å². The fourth-order valence-corrected chi connectivity index (χ4v) is 4.25. The van der Waals surface area contributed by atoms with E-state index in [4.69, 9.17) is 4.74 Å². The number of thiophene rings is 1. The Morgan fingerprint density at radius 2 is 2.23 bits per heavy atom. The molecule has 2 aliphatic rings. The second-order valence-electron chi connectivity index (χ2n) is 6.01. The zero-order valence-electron chi connectivity index (χ0n) is 12.2. The number of fused-ring (bicyclic) bond motifs is 3. The van der Waals surface area contributed by atoms with Crippen LogP contribution in [0.3, 0.4) is 0 Å². The molecule has 0 spiro atoms. The molecule has 0 aromatic carbocycles. The first-order valence-corrected chi connectivity index (χ1v) is 8.44. The molecule has 1 fully saturated rings. The topological polar surface area (TPSA) is 58.3 Å². The van der Waals surface area contributed by atoms with E-state index in [9.17, 15) is 10.1 Å². The number of rotatable bonds is 3. The lowest BCUT2D eigenvalue weighted by atomic mass is 9.82. The van der Waals surface area contributed by atoms with Crippen LogP contribution in [0, 0.1) is 16.7 Å². The number of morpholine rings is 1. The van der Waals surface area contributed by atoms with Crippen LogP contribution >= 0.6 is 11.3 Å². The Hall–Kier alpha value is -1.68. The van der Waals surface area contributed by atoms with Gasteiger partial charge >= 0.3 is 0 Å². The third-order valence-corrected chi connectivity index (χ3v) is 5.64. The minimum absolute atomic E-state index is 0.00772. The molecule has 0 amide bonds. The standard InChI is InChI=1S/C16H17N3O2S/c17-10-16(2-3-18-4-6-21-7-5-18)11-19-12-1-8-22-14(12)9-13(19)15(16)20/h1,8-9H,2-7,11H2/t16-/m1/s1. The molecule has 0 N–H and O–H groups in total. The molecule has 0 unspecified atom stereocenters. The van der Waals surface area contributed by atoms with Crippen molar-refractivity contribution in [3.63, 3.8) is 0 Å². The van der Waals surface area contributed by atoms with E-state index in [0.29, 0.717) is 18.7 Å². The summed E-state index contributed by atoms with van der Waals surface area (Å²) >= 11 is 1.64. The summed E-state index contributed by atoms with van der Waals surface area (Å²) in [7, 11) is 0. The average Bonchev–Trinajstić information content (AvgIpc) is 3.20. The SMILES string of the molecule is N#C[C@]1(CCN2CCOCC2)Cn2c(cc3sccc32)C1=O. The monoisotopic (exact) mass is 315 g/mol. The van der Waals surface area contributed by atoms with Crippen molar-refractivity contribution in [3.8, 4) is 6.07 Å². The van der Waals surface area contributed by atoms with Crippen molar-refractivity contribution < 1.29 is 9.53 Å². The molecule has 2 aromatic heterocycles. The smallest absolute Gasteiger partial charge is 0.201 e. The maximum absolute atomic E-state index is 12.8. The summed E-state index contributed by atoms with van der Waals surface area (Å²) in [4.78, 5) is 15.1. The summed E-state index contributed by atoms with van der Waals surface area (Å²) in [6.45, 7) is 4.52. The van der Waals surface area contributed by atoms with Crippen LogP contribution in [0.25, 0.3) is 10.2 Å². The van der Waals surface area contributed by atoms with Gasteiger partial charge in [-0.1, -0.05) is 0 Å². The Bertz CT molecular complexity index is 766. The van der Waals surface area contributed by atoms with Gasteiger partial charge in [-0.25, -0.2) is 0 Å². The molecule has 1 saturated heterocycles. The van der Waals surface area contributed by atoms with Gasteiger partial charge in [-0.3, -0.25) is 9.69 Å². The van der Waals surface area contributed by atoms with Crippen molar-refractivity contribution in [2.75, 3.05) is 32.8 Å². The van der Waals surface area contributed by atoms with Gasteiger partial charge in [-0.05, 0) is 23.9 Å². The lowest BCUT2D eigenvalue weighted by Crippen LogP contribution is -2.40. The largest absolute Gasteiger partial charge is 0.379 e. The molecule has 6 heteroatoms. The maximum Gasteiger partial charge on any atom is 0.201 e. The first-order valence-electron chi connectivity index (χ1n) is 7.56. The normalized spacial score (nSPS) is 25.5. The minimum atomic E-state index is -0.899. The Morgan fingerprint density at radius 3 is 3.00 bits per heavy atom. The van der Waals surface area contributed by atoms with E-state index in [0.717, 1.165) is 43.1 Å². The second kappa shape index (κ2) is 5.20. The van der Waals surface area contributed by atoms with Crippen LogP contribution in [-0.2, 0) is 11.3 Å². The van der Waals surface area contributed by atoms with Gasteiger partial charge in [0.1, 0.15) is 5.41 Å². The zero-order chi connectivity index (χ0) is 15.2. The minimum Gasteiger partial charge on any atom is -0.379 e. The molecule has 4 heterocycles. The number of aromatic nitrogens is 1. The van der Waals surface area contributed by atoms with Gasteiger partial charge in [0.2, 0.25) is 5.78 Å². The van der Waals surface area contributed by atoms with E-state index in [1.807, 2.05) is 22.1 Å².